The van der Waals surface area contributed by atoms with E-state index in [0.29, 0.717) is 15.7 Å². The molecule has 0 saturated heterocycles. The summed E-state index contributed by atoms with van der Waals surface area (Å²) in [6.45, 7) is 0. The van der Waals surface area contributed by atoms with Crippen molar-refractivity contribution in [1.29, 1.82) is 0 Å². The zero-order valence-electron chi connectivity index (χ0n) is 8.52. The maximum atomic E-state index is 11.0. The van der Waals surface area contributed by atoms with Crippen LogP contribution < -0.4 is 11.5 Å². The van der Waals surface area contributed by atoms with Gasteiger partial charge in [-0.05, 0) is 18.2 Å². The summed E-state index contributed by atoms with van der Waals surface area (Å²) in [6, 6.07) is 4.90. The Morgan fingerprint density at radius 3 is 2.59 bits per heavy atom. The number of anilines is 1. The molecule has 0 saturated carbocycles. The normalized spacial score (nSPS) is 10.5. The SMILES string of the molecule is NC(=O)c1cn(-c2ccc(Cl)cc2Cl)nc1N. The lowest BCUT2D eigenvalue weighted by Gasteiger charge is -2.03. The minimum Gasteiger partial charge on any atom is -0.382 e. The largest absolute Gasteiger partial charge is 0.382 e. The van der Waals surface area contributed by atoms with Crippen molar-refractivity contribution in [3.63, 3.8) is 0 Å². The smallest absolute Gasteiger partial charge is 0.254 e. The number of carbonyl (C=O) groups is 1. The summed E-state index contributed by atoms with van der Waals surface area (Å²) in [5.74, 6) is -0.581. The number of aromatic nitrogens is 2. The van der Waals surface area contributed by atoms with Crippen LogP contribution in [0.4, 0.5) is 5.82 Å². The van der Waals surface area contributed by atoms with Crippen LogP contribution in [0, 0.1) is 0 Å². The minimum absolute atomic E-state index is 0.0588. The Balaban J connectivity index is 2.53. The molecule has 0 aliphatic heterocycles. The summed E-state index contributed by atoms with van der Waals surface area (Å²) < 4.78 is 1.38. The fraction of sp³-hybridized carbons (Fsp3) is 0. The summed E-state index contributed by atoms with van der Waals surface area (Å²) in [6.07, 6.45) is 1.42. The third-order valence-corrected chi connectivity index (χ3v) is 2.70. The third-order valence-electron chi connectivity index (χ3n) is 2.16. The highest BCUT2D eigenvalue weighted by atomic mass is 35.5. The van der Waals surface area contributed by atoms with Crippen molar-refractivity contribution in [1.82, 2.24) is 9.78 Å². The van der Waals surface area contributed by atoms with E-state index in [4.69, 9.17) is 34.7 Å². The van der Waals surface area contributed by atoms with Crippen molar-refractivity contribution in [2.75, 3.05) is 5.73 Å². The lowest BCUT2D eigenvalue weighted by atomic mass is 10.3. The van der Waals surface area contributed by atoms with Crippen molar-refractivity contribution in [2.24, 2.45) is 5.73 Å². The van der Waals surface area contributed by atoms with Gasteiger partial charge >= 0.3 is 0 Å². The van der Waals surface area contributed by atoms with E-state index in [2.05, 4.69) is 5.10 Å². The van der Waals surface area contributed by atoms with Gasteiger partial charge < -0.3 is 11.5 Å². The lowest BCUT2D eigenvalue weighted by molar-refractivity contribution is 0.100. The topological polar surface area (TPSA) is 86.9 Å². The first kappa shape index (κ1) is 11.8. The van der Waals surface area contributed by atoms with Crippen LogP contribution in [0.1, 0.15) is 10.4 Å². The van der Waals surface area contributed by atoms with Crippen LogP contribution in [0.5, 0.6) is 0 Å². The second-order valence-electron chi connectivity index (χ2n) is 3.33. The van der Waals surface area contributed by atoms with E-state index in [1.54, 1.807) is 18.2 Å². The van der Waals surface area contributed by atoms with E-state index in [9.17, 15) is 4.79 Å². The molecule has 2 rings (SSSR count). The molecule has 4 N–H and O–H groups in total. The van der Waals surface area contributed by atoms with Crippen molar-refractivity contribution in [2.45, 2.75) is 0 Å². The average Bonchev–Trinajstić information content (AvgIpc) is 2.60. The monoisotopic (exact) mass is 270 g/mol. The van der Waals surface area contributed by atoms with Gasteiger partial charge in [0.1, 0.15) is 5.56 Å². The number of halogens is 2. The first-order valence-electron chi connectivity index (χ1n) is 4.59. The number of hydrogen-bond donors (Lipinski definition) is 2. The number of rotatable bonds is 2. The summed E-state index contributed by atoms with van der Waals surface area (Å²) in [7, 11) is 0. The number of nitrogens with zero attached hydrogens (tertiary/aromatic N) is 2. The van der Waals surface area contributed by atoms with Crippen LogP contribution in [-0.2, 0) is 0 Å². The van der Waals surface area contributed by atoms with E-state index in [-0.39, 0.29) is 11.4 Å². The highest BCUT2D eigenvalue weighted by Crippen LogP contribution is 2.25. The quantitative estimate of drug-likeness (QED) is 0.873. The standard InChI is InChI=1S/C10H8Cl2N4O/c11-5-1-2-8(7(12)3-5)16-4-6(10(14)17)9(13)15-16/h1-4H,(H2,13,15)(H2,14,17). The van der Waals surface area contributed by atoms with Crippen molar-refractivity contribution in [3.8, 4) is 5.69 Å². The van der Waals surface area contributed by atoms with Crippen LogP contribution in [-0.4, -0.2) is 15.7 Å². The first-order valence-corrected chi connectivity index (χ1v) is 5.35. The zero-order chi connectivity index (χ0) is 12.6. The zero-order valence-corrected chi connectivity index (χ0v) is 10.0. The van der Waals surface area contributed by atoms with Crippen LogP contribution in [0.3, 0.4) is 0 Å². The fourth-order valence-corrected chi connectivity index (χ4v) is 1.86. The molecule has 1 amide bonds. The summed E-state index contributed by atoms with van der Waals surface area (Å²) >= 11 is 11.8. The molecule has 7 heteroatoms. The molecule has 5 nitrogen and oxygen atoms in total. The molecule has 2 aromatic rings. The molecule has 0 spiro atoms. The minimum atomic E-state index is -0.640. The predicted molar refractivity (Wildman–Crippen MR) is 66.5 cm³/mol. The van der Waals surface area contributed by atoms with Crippen molar-refractivity contribution >= 4 is 34.9 Å². The van der Waals surface area contributed by atoms with E-state index in [1.807, 2.05) is 0 Å². The van der Waals surface area contributed by atoms with Gasteiger partial charge in [0.2, 0.25) is 0 Å². The van der Waals surface area contributed by atoms with Gasteiger partial charge in [-0.25, -0.2) is 4.68 Å². The van der Waals surface area contributed by atoms with Gasteiger partial charge in [-0.3, -0.25) is 4.79 Å². The van der Waals surface area contributed by atoms with Crippen LogP contribution >= 0.6 is 23.2 Å². The van der Waals surface area contributed by atoms with Gasteiger partial charge in [0, 0.05) is 11.2 Å². The molecule has 0 fully saturated rings. The molecule has 0 radical (unpaired) electrons. The third kappa shape index (κ3) is 2.20. The van der Waals surface area contributed by atoms with Crippen LogP contribution in [0.15, 0.2) is 24.4 Å². The number of carbonyl (C=O) groups excluding carboxylic acids is 1. The van der Waals surface area contributed by atoms with Crippen molar-refractivity contribution in [3.05, 3.63) is 40.0 Å². The van der Waals surface area contributed by atoms with E-state index in [0.717, 1.165) is 0 Å². The highest BCUT2D eigenvalue weighted by molar-refractivity contribution is 6.35. The number of nitrogens with two attached hydrogens (primary N) is 2. The Hall–Kier alpha value is -1.72. The molecule has 0 bridgehead atoms. The second kappa shape index (κ2) is 4.27. The van der Waals surface area contributed by atoms with Crippen molar-refractivity contribution < 1.29 is 4.79 Å². The van der Waals surface area contributed by atoms with E-state index < -0.39 is 5.91 Å². The summed E-state index contributed by atoms with van der Waals surface area (Å²) in [4.78, 5) is 11.0. The van der Waals surface area contributed by atoms with Gasteiger partial charge in [-0.2, -0.15) is 0 Å². The predicted octanol–water partition coefficient (Wildman–Crippen LogP) is 1.86. The molecule has 0 aliphatic rings. The fourth-order valence-electron chi connectivity index (χ4n) is 1.37. The Morgan fingerprint density at radius 1 is 1.35 bits per heavy atom. The Labute approximate surface area is 107 Å². The molecule has 1 heterocycles. The maximum absolute atomic E-state index is 11.0. The molecule has 1 aromatic carbocycles. The second-order valence-corrected chi connectivity index (χ2v) is 4.18. The van der Waals surface area contributed by atoms with E-state index in [1.165, 1.54) is 10.9 Å². The van der Waals surface area contributed by atoms with Gasteiger partial charge in [0.05, 0.1) is 10.7 Å². The molecule has 0 atom stereocenters. The average molecular weight is 271 g/mol. The maximum Gasteiger partial charge on any atom is 0.254 e. The number of nitrogen functional groups attached to an aromatic ring is 1. The van der Waals surface area contributed by atoms with E-state index >= 15 is 0 Å². The Kier molecular flexibility index (Phi) is 2.95. The highest BCUT2D eigenvalue weighted by Gasteiger charge is 2.13. The Morgan fingerprint density at radius 2 is 2.06 bits per heavy atom. The Bertz CT molecular complexity index is 594. The molecular formula is C10H8Cl2N4O. The van der Waals surface area contributed by atoms with Gasteiger partial charge in [-0.1, -0.05) is 23.2 Å². The summed E-state index contributed by atoms with van der Waals surface area (Å²) in [5.41, 5.74) is 11.4. The molecule has 17 heavy (non-hydrogen) atoms. The number of primary amides is 1. The van der Waals surface area contributed by atoms with Gasteiger partial charge in [-0.15, -0.1) is 5.10 Å². The number of amides is 1. The van der Waals surface area contributed by atoms with Gasteiger partial charge in [0.25, 0.3) is 5.91 Å². The molecule has 0 unspecified atom stereocenters. The molecule has 88 valence electrons. The molecule has 0 aliphatic carbocycles. The van der Waals surface area contributed by atoms with Crippen LogP contribution in [0.25, 0.3) is 5.69 Å². The molecular weight excluding hydrogens is 263 g/mol. The van der Waals surface area contributed by atoms with Gasteiger partial charge in [0.15, 0.2) is 5.82 Å². The summed E-state index contributed by atoms with van der Waals surface area (Å²) in [5, 5.41) is 4.87. The molecule has 1 aromatic heterocycles. The first-order chi connectivity index (χ1) is 7.99. The number of hydrogen-bond acceptors (Lipinski definition) is 3. The van der Waals surface area contributed by atoms with Crippen LogP contribution in [0.2, 0.25) is 10.0 Å². The lowest BCUT2D eigenvalue weighted by Crippen LogP contribution is -2.11. The number of benzene rings is 1.